The summed E-state index contributed by atoms with van der Waals surface area (Å²) in [7, 11) is 7.13. The van der Waals surface area contributed by atoms with Gasteiger partial charge in [-0.1, -0.05) is 19.3 Å². The first kappa shape index (κ1) is 10.5. The number of quaternary nitrogens is 1. The molecule has 14 heavy (non-hydrogen) atoms. The summed E-state index contributed by atoms with van der Waals surface area (Å²) >= 11 is 0. The van der Waals surface area contributed by atoms with Crippen LogP contribution in [0.1, 0.15) is 45.4 Å². The Hall–Kier alpha value is -0.0400. The van der Waals surface area contributed by atoms with Crippen molar-refractivity contribution in [3.8, 4) is 0 Å². The molecule has 0 amide bonds. The molecule has 2 saturated carbocycles. The topological polar surface area (TPSA) is 0 Å². The SMILES string of the molecule is CC1([N+](C)(C)C)CC2CCCC(C2)C1. The summed E-state index contributed by atoms with van der Waals surface area (Å²) in [6.45, 7) is 2.51. The van der Waals surface area contributed by atoms with Crippen molar-refractivity contribution < 1.29 is 4.48 Å². The Kier molecular flexibility index (Phi) is 2.42. The minimum atomic E-state index is 0.550. The van der Waals surface area contributed by atoms with Gasteiger partial charge in [0.05, 0.1) is 26.7 Å². The van der Waals surface area contributed by atoms with Gasteiger partial charge in [0.15, 0.2) is 0 Å². The molecule has 2 atom stereocenters. The predicted molar refractivity (Wildman–Crippen MR) is 61.1 cm³/mol. The van der Waals surface area contributed by atoms with Crippen LogP contribution in [0.4, 0.5) is 0 Å². The zero-order chi connectivity index (χ0) is 10.4. The second-order valence-corrected chi connectivity index (χ2v) is 6.82. The predicted octanol–water partition coefficient (Wildman–Crippen LogP) is 3.05. The zero-order valence-electron chi connectivity index (χ0n) is 10.3. The van der Waals surface area contributed by atoms with Crippen molar-refractivity contribution in [3.63, 3.8) is 0 Å². The molecule has 2 aliphatic rings. The van der Waals surface area contributed by atoms with Crippen molar-refractivity contribution in [3.05, 3.63) is 0 Å². The third-order valence-electron chi connectivity index (χ3n) is 4.97. The van der Waals surface area contributed by atoms with E-state index >= 15 is 0 Å². The summed E-state index contributed by atoms with van der Waals surface area (Å²) < 4.78 is 1.15. The van der Waals surface area contributed by atoms with E-state index in [0.29, 0.717) is 5.54 Å². The molecule has 2 fully saturated rings. The summed E-state index contributed by atoms with van der Waals surface area (Å²) in [6.07, 6.45) is 8.98. The van der Waals surface area contributed by atoms with E-state index in [9.17, 15) is 0 Å². The maximum absolute atomic E-state index is 2.51. The molecular weight excluding hydrogens is 170 g/mol. The van der Waals surface area contributed by atoms with Gasteiger partial charge in [-0.3, -0.25) is 0 Å². The molecule has 0 aromatic carbocycles. The van der Waals surface area contributed by atoms with Crippen LogP contribution in [0.15, 0.2) is 0 Å². The molecule has 0 aliphatic heterocycles. The molecule has 2 bridgehead atoms. The van der Waals surface area contributed by atoms with Crippen LogP contribution in [0.3, 0.4) is 0 Å². The Labute approximate surface area is 89.1 Å². The fourth-order valence-electron chi connectivity index (χ4n) is 3.65. The van der Waals surface area contributed by atoms with Crippen LogP contribution in [-0.2, 0) is 0 Å². The fraction of sp³-hybridized carbons (Fsp3) is 1.00. The third kappa shape index (κ3) is 1.71. The lowest BCUT2D eigenvalue weighted by molar-refractivity contribution is -0.924. The molecule has 2 unspecified atom stereocenters. The first-order valence-electron chi connectivity index (χ1n) is 6.22. The molecule has 2 aliphatic carbocycles. The van der Waals surface area contributed by atoms with Crippen molar-refractivity contribution in [1.29, 1.82) is 0 Å². The third-order valence-corrected chi connectivity index (χ3v) is 4.97. The molecular formula is C13H26N+. The van der Waals surface area contributed by atoms with Crippen LogP contribution < -0.4 is 0 Å². The van der Waals surface area contributed by atoms with E-state index in [1.165, 1.54) is 38.5 Å². The van der Waals surface area contributed by atoms with Gasteiger partial charge in [0, 0.05) is 12.8 Å². The lowest BCUT2D eigenvalue weighted by atomic mass is 9.64. The maximum Gasteiger partial charge on any atom is 0.0963 e. The molecule has 0 saturated heterocycles. The zero-order valence-corrected chi connectivity index (χ0v) is 10.3. The molecule has 0 radical (unpaired) electrons. The summed E-state index contributed by atoms with van der Waals surface area (Å²) in [5, 5.41) is 0. The van der Waals surface area contributed by atoms with Crippen LogP contribution in [0.5, 0.6) is 0 Å². The average Bonchev–Trinajstić information content (AvgIpc) is 2.00. The monoisotopic (exact) mass is 196 g/mol. The number of rotatable bonds is 1. The first-order valence-corrected chi connectivity index (χ1v) is 6.22. The summed E-state index contributed by atoms with van der Waals surface area (Å²) in [6, 6.07) is 0. The van der Waals surface area contributed by atoms with Crippen molar-refractivity contribution in [2.45, 2.75) is 51.0 Å². The fourth-order valence-corrected chi connectivity index (χ4v) is 3.65. The molecule has 0 aromatic heterocycles. The lowest BCUT2D eigenvalue weighted by Crippen LogP contribution is -2.59. The highest BCUT2D eigenvalue weighted by Gasteiger charge is 2.46. The van der Waals surface area contributed by atoms with E-state index in [2.05, 4.69) is 28.1 Å². The molecule has 1 heteroatoms. The molecule has 82 valence electrons. The summed E-state index contributed by atoms with van der Waals surface area (Å²) in [4.78, 5) is 0. The van der Waals surface area contributed by atoms with Crippen LogP contribution in [-0.4, -0.2) is 31.2 Å². The van der Waals surface area contributed by atoms with Gasteiger partial charge in [-0.15, -0.1) is 0 Å². The van der Waals surface area contributed by atoms with Gasteiger partial charge < -0.3 is 4.48 Å². The molecule has 0 aromatic rings. The largest absolute Gasteiger partial charge is 0.326 e. The summed E-state index contributed by atoms with van der Waals surface area (Å²) in [5.74, 6) is 2.09. The first-order chi connectivity index (χ1) is 6.41. The molecule has 2 rings (SSSR count). The number of hydrogen-bond donors (Lipinski definition) is 0. The Bertz CT molecular complexity index is 202. The normalized spacial score (nSPS) is 43.7. The number of nitrogens with zero attached hydrogens (tertiary/aromatic N) is 1. The van der Waals surface area contributed by atoms with E-state index in [0.717, 1.165) is 16.3 Å². The second kappa shape index (κ2) is 3.23. The minimum absolute atomic E-state index is 0.550. The van der Waals surface area contributed by atoms with Crippen molar-refractivity contribution in [2.24, 2.45) is 11.8 Å². The highest BCUT2D eigenvalue weighted by Crippen LogP contribution is 2.47. The number of hydrogen-bond acceptors (Lipinski definition) is 0. The Balaban J connectivity index is 2.15. The molecule has 1 nitrogen and oxygen atoms in total. The number of fused-ring (bicyclic) bond motifs is 2. The van der Waals surface area contributed by atoms with Gasteiger partial charge in [0.25, 0.3) is 0 Å². The maximum atomic E-state index is 2.51. The van der Waals surface area contributed by atoms with Gasteiger partial charge in [0.2, 0.25) is 0 Å². The smallest absolute Gasteiger partial charge is 0.0963 e. The van der Waals surface area contributed by atoms with E-state index in [1.807, 2.05) is 0 Å². The Morgan fingerprint density at radius 2 is 1.50 bits per heavy atom. The van der Waals surface area contributed by atoms with E-state index < -0.39 is 0 Å². The minimum Gasteiger partial charge on any atom is -0.326 e. The lowest BCUT2D eigenvalue weighted by Gasteiger charge is -2.52. The van der Waals surface area contributed by atoms with Crippen LogP contribution in [0.25, 0.3) is 0 Å². The standard InChI is InChI=1S/C13H26N/c1-13(14(2,3)4)9-11-6-5-7-12(8-11)10-13/h11-12H,5-10H2,1-4H3/q+1. The van der Waals surface area contributed by atoms with E-state index in [-0.39, 0.29) is 0 Å². The van der Waals surface area contributed by atoms with E-state index in [1.54, 1.807) is 0 Å². The van der Waals surface area contributed by atoms with Crippen LogP contribution in [0.2, 0.25) is 0 Å². The van der Waals surface area contributed by atoms with Gasteiger partial charge in [-0.2, -0.15) is 0 Å². The van der Waals surface area contributed by atoms with E-state index in [4.69, 9.17) is 0 Å². The Morgan fingerprint density at radius 1 is 1.00 bits per heavy atom. The summed E-state index contributed by atoms with van der Waals surface area (Å²) in [5.41, 5.74) is 0.550. The van der Waals surface area contributed by atoms with Crippen LogP contribution >= 0.6 is 0 Å². The quantitative estimate of drug-likeness (QED) is 0.565. The highest BCUT2D eigenvalue weighted by molar-refractivity contribution is 4.91. The Morgan fingerprint density at radius 3 is 1.93 bits per heavy atom. The van der Waals surface area contributed by atoms with Gasteiger partial charge in [0.1, 0.15) is 0 Å². The van der Waals surface area contributed by atoms with Crippen molar-refractivity contribution in [2.75, 3.05) is 21.1 Å². The molecule has 0 N–H and O–H groups in total. The molecule has 0 heterocycles. The van der Waals surface area contributed by atoms with Crippen LogP contribution in [0, 0.1) is 11.8 Å². The van der Waals surface area contributed by atoms with Gasteiger partial charge in [-0.05, 0) is 25.2 Å². The molecule has 0 spiro atoms. The highest BCUT2D eigenvalue weighted by atomic mass is 15.3. The van der Waals surface area contributed by atoms with Gasteiger partial charge in [-0.25, -0.2) is 0 Å². The van der Waals surface area contributed by atoms with Crippen molar-refractivity contribution in [1.82, 2.24) is 0 Å². The van der Waals surface area contributed by atoms with Crippen molar-refractivity contribution >= 4 is 0 Å². The van der Waals surface area contributed by atoms with Gasteiger partial charge >= 0.3 is 0 Å². The average molecular weight is 196 g/mol. The second-order valence-electron chi connectivity index (χ2n) is 6.82.